The van der Waals surface area contributed by atoms with Gasteiger partial charge in [0.2, 0.25) is 11.8 Å². The van der Waals surface area contributed by atoms with Crippen LogP contribution < -0.4 is 10.6 Å². The van der Waals surface area contributed by atoms with Gasteiger partial charge in [-0.25, -0.2) is 23.3 Å². The van der Waals surface area contributed by atoms with E-state index in [1.165, 1.54) is 21.6 Å². The molecule has 1 aliphatic carbocycles. The van der Waals surface area contributed by atoms with E-state index < -0.39 is 48.3 Å². The summed E-state index contributed by atoms with van der Waals surface area (Å²) in [6, 6.07) is 0.804. The number of imidazole rings is 1. The van der Waals surface area contributed by atoms with Crippen molar-refractivity contribution in [2.45, 2.75) is 76.0 Å². The molecule has 10 nitrogen and oxygen atoms in total. The Morgan fingerprint density at radius 1 is 1.24 bits per heavy atom. The molecule has 0 spiro atoms. The minimum absolute atomic E-state index is 0.115. The number of rotatable bonds is 8. The fraction of sp³-hybridized carbons (Fsp3) is 0.615. The van der Waals surface area contributed by atoms with Crippen LogP contribution in [0.4, 0.5) is 22.0 Å². The van der Waals surface area contributed by atoms with E-state index in [4.69, 9.17) is 11.6 Å². The van der Waals surface area contributed by atoms with Crippen LogP contribution in [-0.2, 0) is 23.6 Å². The minimum atomic E-state index is -4.45. The molecule has 3 aromatic heterocycles. The predicted octanol–water partition coefficient (Wildman–Crippen LogP) is 4.23. The Morgan fingerprint density at radius 3 is 2.64 bits per heavy atom. The molecule has 16 heteroatoms. The van der Waals surface area contributed by atoms with Gasteiger partial charge in [0.1, 0.15) is 5.69 Å². The summed E-state index contributed by atoms with van der Waals surface area (Å²) in [5.74, 6) is -6.76. The predicted molar refractivity (Wildman–Crippen MR) is 140 cm³/mol. The first-order valence-corrected chi connectivity index (χ1v) is 14.3. The van der Waals surface area contributed by atoms with Crippen LogP contribution in [-0.4, -0.2) is 59.8 Å². The number of carbonyl (C=O) groups excluding carboxylic acids is 2. The van der Waals surface area contributed by atoms with E-state index in [1.807, 2.05) is 6.92 Å². The van der Waals surface area contributed by atoms with Gasteiger partial charge in [0.15, 0.2) is 0 Å². The summed E-state index contributed by atoms with van der Waals surface area (Å²) in [6.45, 7) is 1.80. The molecule has 4 heterocycles. The standard InChI is InChI=1S/C26H30ClF5N8O2/c1-2-39-20(5-8-34-39)23(42)37-21(14-3-6-25(28,29)7-4-14)19-13-40-24(36-19)35-18(11-27)17(38-40)10-15-9-16(26(30,31)32)12-33-22(15)41/h5,8,13-16,21H,2-4,6-7,9-12H2,1H3,(H,33,41)(H,37,42)/t15-,16-,21+/m1/s1. The zero-order valence-corrected chi connectivity index (χ0v) is 23.4. The molecule has 3 aromatic rings. The highest BCUT2D eigenvalue weighted by Crippen LogP contribution is 2.41. The Labute approximate surface area is 242 Å². The first kappa shape index (κ1) is 30.1. The maximum atomic E-state index is 14.0. The van der Waals surface area contributed by atoms with Gasteiger partial charge >= 0.3 is 6.18 Å². The molecule has 1 saturated heterocycles. The maximum absolute atomic E-state index is 14.0. The Bertz CT molecular complexity index is 1450. The van der Waals surface area contributed by atoms with Crippen molar-refractivity contribution in [3.05, 3.63) is 41.2 Å². The molecule has 0 unspecified atom stereocenters. The summed E-state index contributed by atoms with van der Waals surface area (Å²) >= 11 is 6.10. The lowest BCUT2D eigenvalue weighted by atomic mass is 9.81. The van der Waals surface area contributed by atoms with Gasteiger partial charge in [0, 0.05) is 44.5 Å². The third kappa shape index (κ3) is 6.35. The monoisotopic (exact) mass is 616 g/mol. The molecule has 2 N–H and O–H groups in total. The summed E-state index contributed by atoms with van der Waals surface area (Å²) in [5, 5.41) is 13.9. The molecule has 3 atom stereocenters. The average molecular weight is 617 g/mol. The number of nitrogens with one attached hydrogen (secondary N) is 2. The zero-order valence-electron chi connectivity index (χ0n) is 22.7. The van der Waals surface area contributed by atoms with Crippen LogP contribution in [0, 0.1) is 17.8 Å². The van der Waals surface area contributed by atoms with Gasteiger partial charge in [-0.2, -0.15) is 23.4 Å². The fourth-order valence-electron chi connectivity index (χ4n) is 5.70. The van der Waals surface area contributed by atoms with Crippen molar-refractivity contribution in [1.29, 1.82) is 0 Å². The zero-order chi connectivity index (χ0) is 30.2. The highest BCUT2D eigenvalue weighted by atomic mass is 35.5. The Hall–Kier alpha value is -3.36. The molecule has 2 fully saturated rings. The Morgan fingerprint density at radius 2 is 1.98 bits per heavy atom. The fourth-order valence-corrected chi connectivity index (χ4v) is 5.91. The smallest absolute Gasteiger partial charge is 0.355 e. The summed E-state index contributed by atoms with van der Waals surface area (Å²) in [4.78, 5) is 34.6. The second kappa shape index (κ2) is 11.7. The quantitative estimate of drug-likeness (QED) is 0.289. The van der Waals surface area contributed by atoms with Crippen LogP contribution in [0.1, 0.15) is 72.6 Å². The molecule has 0 radical (unpaired) electrons. The molecule has 0 aromatic carbocycles. The Kier molecular flexibility index (Phi) is 8.41. The van der Waals surface area contributed by atoms with Gasteiger partial charge in [-0.3, -0.25) is 14.3 Å². The molecule has 5 rings (SSSR count). The van der Waals surface area contributed by atoms with E-state index in [2.05, 4.69) is 30.8 Å². The molecular weight excluding hydrogens is 587 g/mol. The third-order valence-electron chi connectivity index (χ3n) is 8.06. The second-order valence-electron chi connectivity index (χ2n) is 10.8. The van der Waals surface area contributed by atoms with Crippen molar-refractivity contribution < 1.29 is 31.5 Å². The van der Waals surface area contributed by atoms with Gasteiger partial charge in [-0.1, -0.05) is 0 Å². The number of amides is 2. The normalized spacial score (nSPS) is 22.2. The van der Waals surface area contributed by atoms with E-state index in [9.17, 15) is 31.5 Å². The van der Waals surface area contributed by atoms with Crippen LogP contribution in [0.2, 0.25) is 0 Å². The molecule has 1 saturated carbocycles. The molecular formula is C26H30ClF5N8O2. The largest absolute Gasteiger partial charge is 0.393 e. The van der Waals surface area contributed by atoms with Crippen molar-refractivity contribution in [2.24, 2.45) is 17.8 Å². The average Bonchev–Trinajstić information content (AvgIpc) is 3.58. The van der Waals surface area contributed by atoms with E-state index in [-0.39, 0.29) is 67.5 Å². The molecule has 2 amide bonds. The highest BCUT2D eigenvalue weighted by Gasteiger charge is 2.45. The molecule has 1 aliphatic heterocycles. The van der Waals surface area contributed by atoms with E-state index in [1.54, 1.807) is 6.07 Å². The molecule has 42 heavy (non-hydrogen) atoms. The van der Waals surface area contributed by atoms with Gasteiger partial charge in [-0.05, 0) is 38.2 Å². The Balaban J connectivity index is 1.45. The van der Waals surface area contributed by atoms with Gasteiger partial charge in [0.25, 0.3) is 11.7 Å². The van der Waals surface area contributed by atoms with Crippen molar-refractivity contribution in [2.75, 3.05) is 6.54 Å². The topological polar surface area (TPSA) is 119 Å². The molecule has 2 aliphatic rings. The van der Waals surface area contributed by atoms with E-state index in [0.29, 0.717) is 17.9 Å². The van der Waals surface area contributed by atoms with E-state index in [0.717, 1.165) is 0 Å². The van der Waals surface area contributed by atoms with Crippen LogP contribution in [0.3, 0.4) is 0 Å². The van der Waals surface area contributed by atoms with Crippen LogP contribution in [0.5, 0.6) is 0 Å². The summed E-state index contributed by atoms with van der Waals surface area (Å²) < 4.78 is 70.8. The highest BCUT2D eigenvalue weighted by molar-refractivity contribution is 6.17. The van der Waals surface area contributed by atoms with Gasteiger partial charge in [0.05, 0.1) is 41.1 Å². The molecule has 0 bridgehead atoms. The summed E-state index contributed by atoms with van der Waals surface area (Å²) in [7, 11) is 0. The number of aryl methyl sites for hydroxylation is 1. The number of nitrogens with zero attached hydrogens (tertiary/aromatic N) is 6. The van der Waals surface area contributed by atoms with Crippen LogP contribution in [0.25, 0.3) is 5.78 Å². The number of carbonyl (C=O) groups is 2. The number of aromatic nitrogens is 6. The lowest BCUT2D eigenvalue weighted by molar-refractivity contribution is -0.183. The van der Waals surface area contributed by atoms with Crippen molar-refractivity contribution in [1.82, 2.24) is 40.0 Å². The number of alkyl halides is 6. The lowest BCUT2D eigenvalue weighted by Gasteiger charge is -2.33. The first-order valence-electron chi connectivity index (χ1n) is 13.7. The number of fused-ring (bicyclic) bond motifs is 1. The van der Waals surface area contributed by atoms with Crippen molar-refractivity contribution in [3.63, 3.8) is 0 Å². The number of hydrogen-bond donors (Lipinski definition) is 2. The summed E-state index contributed by atoms with van der Waals surface area (Å²) in [6.07, 6.45) is -2.31. The van der Waals surface area contributed by atoms with Crippen LogP contribution >= 0.6 is 11.6 Å². The number of hydrogen-bond acceptors (Lipinski definition) is 6. The lowest BCUT2D eigenvalue weighted by Crippen LogP contribution is -2.47. The second-order valence-corrected chi connectivity index (χ2v) is 11.1. The van der Waals surface area contributed by atoms with Crippen molar-refractivity contribution in [3.8, 4) is 0 Å². The van der Waals surface area contributed by atoms with Crippen molar-refractivity contribution >= 4 is 29.2 Å². The summed E-state index contributed by atoms with van der Waals surface area (Å²) in [5.41, 5.74) is 1.15. The minimum Gasteiger partial charge on any atom is -0.355 e. The molecule has 228 valence electrons. The first-order chi connectivity index (χ1) is 19.9. The number of piperidine rings is 1. The van der Waals surface area contributed by atoms with Gasteiger partial charge < -0.3 is 10.6 Å². The third-order valence-corrected chi connectivity index (χ3v) is 8.32. The van der Waals surface area contributed by atoms with Crippen LogP contribution in [0.15, 0.2) is 18.5 Å². The number of halogens is 6. The maximum Gasteiger partial charge on any atom is 0.393 e. The SMILES string of the molecule is CCn1nccc1C(=O)N[C@H](c1cn2nc(C[C@H]3C[C@@H](C(F)(F)F)CNC3=O)c(CCl)nc2n1)C1CCC(F)(F)CC1. The van der Waals surface area contributed by atoms with Gasteiger partial charge in [-0.15, -0.1) is 11.6 Å². The van der Waals surface area contributed by atoms with E-state index >= 15 is 0 Å².